The number of hydrogen-bond donors (Lipinski definition) is 0. The Kier molecular flexibility index (Phi) is 60.3. The zero-order chi connectivity index (χ0) is 55.0. The Balaban J connectivity index is 4.36. The molecule has 0 bridgehead atoms. The first-order valence-corrected chi connectivity index (χ1v) is 31.9. The van der Waals surface area contributed by atoms with Gasteiger partial charge in [0.15, 0.2) is 6.10 Å². The first-order valence-electron chi connectivity index (χ1n) is 31.9. The van der Waals surface area contributed by atoms with E-state index in [-0.39, 0.29) is 31.6 Å². The van der Waals surface area contributed by atoms with Crippen molar-refractivity contribution in [3.8, 4) is 0 Å². The monoisotopic (exact) mass is 1050 g/mol. The van der Waals surface area contributed by atoms with Gasteiger partial charge in [0.05, 0.1) is 6.42 Å². The quantitative estimate of drug-likeness (QED) is 0.0261. The van der Waals surface area contributed by atoms with Crippen molar-refractivity contribution in [2.75, 3.05) is 13.2 Å². The first-order chi connectivity index (χ1) is 37.5. The molecule has 0 rings (SSSR count). The van der Waals surface area contributed by atoms with E-state index in [0.29, 0.717) is 12.8 Å². The summed E-state index contributed by atoms with van der Waals surface area (Å²) in [6.07, 6.45) is 87.0. The lowest BCUT2D eigenvalue weighted by Gasteiger charge is -2.18. The molecule has 0 N–H and O–H groups in total. The molecule has 76 heavy (non-hydrogen) atoms. The fourth-order valence-electron chi connectivity index (χ4n) is 8.75. The molecule has 1 unspecified atom stereocenters. The summed E-state index contributed by atoms with van der Waals surface area (Å²) in [5.41, 5.74) is 0. The standard InChI is InChI=1S/C70H118O6/c1-4-7-10-13-16-19-22-25-28-30-31-32-33-34-35-36-37-38-39-40-43-45-48-51-54-57-60-63-69(72)75-66-67(65-74-68(71)62-59-56-53-50-47-44-41-27-24-21-18-15-12-9-6-3)76-70(73)64-61-58-55-52-49-46-42-29-26-23-20-17-14-11-8-5-2/h9,12,18,20-23,25,27,29-31,41-42,47,50,56,59,67H,4-8,10-11,13-17,19,24,26,28,32-40,43-46,48-49,51-55,57-58,60-66H2,1-3H3/b12-9-,21-18-,23-20-,25-22-,31-30-,41-27-,42-29-,50-47-,59-56-. The molecule has 0 fully saturated rings. The summed E-state index contributed by atoms with van der Waals surface area (Å²) in [6.45, 7) is 6.42. The minimum absolute atomic E-state index is 0.114. The highest BCUT2D eigenvalue weighted by Gasteiger charge is 2.19. The van der Waals surface area contributed by atoms with Crippen LogP contribution in [0, 0.1) is 0 Å². The SMILES string of the molecule is CC/C=C\C/C=C\C/C=C\C/C=C\C/C=C\CC(=O)OCC(COC(=O)CCCCCCCCCCCCCCCCC/C=C\C/C=C\CCCCCCC)OC(=O)CCCCCCC/C=C\C/C=C\CCCCCC. The highest BCUT2D eigenvalue weighted by atomic mass is 16.6. The lowest BCUT2D eigenvalue weighted by atomic mass is 10.0. The number of carbonyl (C=O) groups excluding carboxylic acids is 3. The van der Waals surface area contributed by atoms with Crippen molar-refractivity contribution in [3.63, 3.8) is 0 Å². The van der Waals surface area contributed by atoms with Crippen LogP contribution in [-0.2, 0) is 28.6 Å². The Hall–Kier alpha value is -3.93. The number of hydrogen-bond acceptors (Lipinski definition) is 6. The number of ether oxygens (including phenoxy) is 3. The molecule has 0 aromatic carbocycles. The normalized spacial score (nSPS) is 12.8. The fraction of sp³-hybridized carbons (Fsp3) is 0.700. The van der Waals surface area contributed by atoms with Crippen LogP contribution in [0.2, 0.25) is 0 Å². The molecule has 0 aromatic heterocycles. The van der Waals surface area contributed by atoms with Crippen LogP contribution in [0.4, 0.5) is 0 Å². The molecule has 0 amide bonds. The van der Waals surface area contributed by atoms with Crippen LogP contribution in [0.1, 0.15) is 297 Å². The van der Waals surface area contributed by atoms with Crippen LogP contribution < -0.4 is 0 Å². The Bertz CT molecular complexity index is 1540. The van der Waals surface area contributed by atoms with Gasteiger partial charge in [-0.15, -0.1) is 0 Å². The van der Waals surface area contributed by atoms with Gasteiger partial charge in [0, 0.05) is 12.8 Å². The predicted molar refractivity (Wildman–Crippen MR) is 330 cm³/mol. The second-order valence-electron chi connectivity index (χ2n) is 20.9. The molecule has 0 spiro atoms. The van der Waals surface area contributed by atoms with Gasteiger partial charge in [-0.25, -0.2) is 0 Å². The second-order valence-corrected chi connectivity index (χ2v) is 20.9. The minimum Gasteiger partial charge on any atom is -0.462 e. The van der Waals surface area contributed by atoms with Crippen LogP contribution in [0.5, 0.6) is 0 Å². The number of rotatable bonds is 57. The molecular weight excluding hydrogens is 937 g/mol. The molecule has 0 saturated carbocycles. The molecule has 0 aromatic rings. The summed E-state index contributed by atoms with van der Waals surface area (Å²) in [4.78, 5) is 38.2. The lowest BCUT2D eigenvalue weighted by molar-refractivity contribution is -0.166. The fourth-order valence-corrected chi connectivity index (χ4v) is 8.75. The minimum atomic E-state index is -0.827. The van der Waals surface area contributed by atoms with E-state index in [1.54, 1.807) is 6.08 Å². The first kappa shape index (κ1) is 72.1. The van der Waals surface area contributed by atoms with Crippen molar-refractivity contribution in [3.05, 3.63) is 109 Å². The van der Waals surface area contributed by atoms with E-state index in [1.807, 2.05) is 6.08 Å². The summed E-state index contributed by atoms with van der Waals surface area (Å²) in [5, 5.41) is 0. The van der Waals surface area contributed by atoms with Gasteiger partial charge in [0.25, 0.3) is 0 Å². The highest BCUT2D eigenvalue weighted by molar-refractivity contribution is 5.72. The summed E-state index contributed by atoms with van der Waals surface area (Å²) < 4.78 is 16.8. The van der Waals surface area contributed by atoms with Gasteiger partial charge in [-0.2, -0.15) is 0 Å². The summed E-state index contributed by atoms with van der Waals surface area (Å²) >= 11 is 0. The maximum absolute atomic E-state index is 12.9. The maximum Gasteiger partial charge on any atom is 0.309 e. The van der Waals surface area contributed by atoms with Gasteiger partial charge in [0.2, 0.25) is 0 Å². The van der Waals surface area contributed by atoms with Gasteiger partial charge in [-0.05, 0) is 109 Å². The number of allylic oxidation sites excluding steroid dienone is 17. The van der Waals surface area contributed by atoms with E-state index in [1.165, 1.54) is 154 Å². The summed E-state index contributed by atoms with van der Waals surface area (Å²) in [7, 11) is 0. The predicted octanol–water partition coefficient (Wildman–Crippen LogP) is 21.8. The average molecular weight is 1060 g/mol. The van der Waals surface area contributed by atoms with Crippen LogP contribution in [0.3, 0.4) is 0 Å². The number of esters is 3. The Morgan fingerprint density at radius 3 is 0.934 bits per heavy atom. The smallest absolute Gasteiger partial charge is 0.309 e. The molecule has 0 aliphatic carbocycles. The molecule has 0 saturated heterocycles. The Labute approximate surface area is 470 Å². The molecule has 0 radical (unpaired) electrons. The van der Waals surface area contributed by atoms with Crippen LogP contribution >= 0.6 is 0 Å². The van der Waals surface area contributed by atoms with Gasteiger partial charge in [-0.3, -0.25) is 14.4 Å². The van der Waals surface area contributed by atoms with Gasteiger partial charge >= 0.3 is 17.9 Å². The van der Waals surface area contributed by atoms with E-state index in [2.05, 4.69) is 118 Å². The third-order valence-electron chi connectivity index (χ3n) is 13.5. The van der Waals surface area contributed by atoms with Crippen molar-refractivity contribution in [1.82, 2.24) is 0 Å². The van der Waals surface area contributed by atoms with E-state index in [9.17, 15) is 14.4 Å². The van der Waals surface area contributed by atoms with Crippen LogP contribution in [-0.4, -0.2) is 37.2 Å². The van der Waals surface area contributed by atoms with Crippen molar-refractivity contribution in [2.45, 2.75) is 303 Å². The van der Waals surface area contributed by atoms with Crippen LogP contribution in [0.15, 0.2) is 109 Å². The van der Waals surface area contributed by atoms with E-state index < -0.39 is 12.1 Å². The molecular formula is C70H118O6. The molecule has 1 atom stereocenters. The highest BCUT2D eigenvalue weighted by Crippen LogP contribution is 2.16. The molecule has 6 heteroatoms. The zero-order valence-electron chi connectivity index (χ0n) is 49.7. The van der Waals surface area contributed by atoms with Gasteiger partial charge in [0.1, 0.15) is 13.2 Å². The van der Waals surface area contributed by atoms with Gasteiger partial charge in [-0.1, -0.05) is 278 Å². The van der Waals surface area contributed by atoms with Crippen molar-refractivity contribution in [1.29, 1.82) is 0 Å². The molecule has 434 valence electrons. The number of carbonyl (C=O) groups is 3. The molecule has 0 heterocycles. The van der Waals surface area contributed by atoms with E-state index in [4.69, 9.17) is 14.2 Å². The van der Waals surface area contributed by atoms with E-state index >= 15 is 0 Å². The van der Waals surface area contributed by atoms with E-state index in [0.717, 1.165) is 103 Å². The summed E-state index contributed by atoms with van der Waals surface area (Å²) in [5.74, 6) is -1.06. The average Bonchev–Trinajstić information content (AvgIpc) is 3.42. The number of unbranched alkanes of at least 4 members (excludes halogenated alkanes) is 29. The largest absolute Gasteiger partial charge is 0.462 e. The molecule has 6 nitrogen and oxygen atoms in total. The van der Waals surface area contributed by atoms with Crippen LogP contribution in [0.25, 0.3) is 0 Å². The van der Waals surface area contributed by atoms with Crippen molar-refractivity contribution in [2.24, 2.45) is 0 Å². The topological polar surface area (TPSA) is 78.9 Å². The third-order valence-corrected chi connectivity index (χ3v) is 13.5. The Morgan fingerprint density at radius 2 is 0.566 bits per heavy atom. The summed E-state index contributed by atoms with van der Waals surface area (Å²) in [6, 6.07) is 0. The molecule has 0 aliphatic rings. The van der Waals surface area contributed by atoms with Gasteiger partial charge < -0.3 is 14.2 Å². The lowest BCUT2D eigenvalue weighted by Crippen LogP contribution is -2.30. The zero-order valence-corrected chi connectivity index (χ0v) is 49.7. The van der Waals surface area contributed by atoms with Crippen molar-refractivity contribution >= 4 is 17.9 Å². The van der Waals surface area contributed by atoms with Crippen molar-refractivity contribution < 1.29 is 28.6 Å². The second kappa shape index (κ2) is 63.6. The molecule has 0 aliphatic heterocycles. The maximum atomic E-state index is 12.9. The third kappa shape index (κ3) is 60.9. The Morgan fingerprint density at radius 1 is 0.289 bits per heavy atom.